The van der Waals surface area contributed by atoms with E-state index < -0.39 is 40.8 Å². The Morgan fingerprint density at radius 1 is 0.882 bits per heavy atom. The van der Waals surface area contributed by atoms with Gasteiger partial charge in [-0.15, -0.1) is 0 Å². The van der Waals surface area contributed by atoms with Gasteiger partial charge in [-0.25, -0.2) is 14.8 Å². The van der Waals surface area contributed by atoms with Gasteiger partial charge < -0.3 is 5.11 Å². The van der Waals surface area contributed by atoms with Crippen molar-refractivity contribution in [2.24, 2.45) is 5.92 Å². The van der Waals surface area contributed by atoms with Gasteiger partial charge >= 0.3 is 5.97 Å². The lowest BCUT2D eigenvalue weighted by Gasteiger charge is -2.28. The highest BCUT2D eigenvalue weighted by Crippen LogP contribution is 2.49. The molecule has 0 radical (unpaired) electrons. The lowest BCUT2D eigenvalue weighted by molar-refractivity contribution is -0.385. The number of benzene rings is 3. The summed E-state index contributed by atoms with van der Waals surface area (Å²) in [6.07, 6.45) is -1.20. The molecule has 0 saturated carbocycles. The Morgan fingerprint density at radius 3 is 2.18 bits per heavy atom. The van der Waals surface area contributed by atoms with Crippen LogP contribution in [0.2, 0.25) is 0 Å². The summed E-state index contributed by atoms with van der Waals surface area (Å²) in [6, 6.07) is 19.2. The number of carbonyl (C=O) groups excluding carboxylic acids is 2. The number of hydroxylamine groups is 1. The Bertz CT molecular complexity index is 1310. The number of nitro benzene ring substituents is 1. The zero-order chi connectivity index (χ0) is 24.0. The number of nitro groups is 1. The number of carboxylic acids is 1. The molecule has 10 heteroatoms. The van der Waals surface area contributed by atoms with Crippen molar-refractivity contribution in [3.63, 3.8) is 0 Å². The van der Waals surface area contributed by atoms with E-state index in [0.29, 0.717) is 5.69 Å². The summed E-state index contributed by atoms with van der Waals surface area (Å²) < 4.78 is 0. The molecule has 0 aliphatic carbocycles. The van der Waals surface area contributed by atoms with Gasteiger partial charge in [-0.3, -0.25) is 24.5 Å². The molecule has 3 atom stereocenters. The SMILES string of the molecule is O=C(O)c1ccc(N2C(=O)[C@@H]3[C@@H](ON(c4ccccc4)[C@H]3c3ccccc3[N+](=O)[O-])C2=O)cc1. The van der Waals surface area contributed by atoms with Crippen LogP contribution in [-0.4, -0.2) is 33.9 Å². The second-order valence-electron chi connectivity index (χ2n) is 7.84. The molecule has 3 aromatic carbocycles. The van der Waals surface area contributed by atoms with Crippen LogP contribution in [0.25, 0.3) is 0 Å². The molecule has 0 bridgehead atoms. The molecule has 0 spiro atoms. The van der Waals surface area contributed by atoms with Gasteiger partial charge in [0.1, 0.15) is 12.0 Å². The molecule has 10 nitrogen and oxygen atoms in total. The summed E-state index contributed by atoms with van der Waals surface area (Å²) in [5.41, 5.74) is 0.797. The van der Waals surface area contributed by atoms with E-state index in [1.807, 2.05) is 0 Å². The number of anilines is 2. The average Bonchev–Trinajstić information content (AvgIpc) is 3.35. The molecule has 170 valence electrons. The van der Waals surface area contributed by atoms with Crippen molar-refractivity contribution in [2.45, 2.75) is 12.1 Å². The quantitative estimate of drug-likeness (QED) is 0.349. The van der Waals surface area contributed by atoms with Crippen molar-refractivity contribution in [1.29, 1.82) is 0 Å². The van der Waals surface area contributed by atoms with E-state index in [9.17, 15) is 24.5 Å². The van der Waals surface area contributed by atoms with Gasteiger partial charge in [-0.2, -0.15) is 0 Å². The predicted molar refractivity (Wildman–Crippen MR) is 119 cm³/mol. The lowest BCUT2D eigenvalue weighted by atomic mass is 9.89. The van der Waals surface area contributed by atoms with E-state index in [-0.39, 0.29) is 22.5 Å². The first-order chi connectivity index (χ1) is 16.4. The summed E-state index contributed by atoms with van der Waals surface area (Å²) in [4.78, 5) is 56.2. The maximum atomic E-state index is 13.6. The van der Waals surface area contributed by atoms with Gasteiger partial charge in [0.05, 0.1) is 27.4 Å². The molecule has 2 amide bonds. The highest BCUT2D eigenvalue weighted by Gasteiger charge is 2.61. The van der Waals surface area contributed by atoms with E-state index in [1.54, 1.807) is 42.5 Å². The van der Waals surface area contributed by atoms with Crippen LogP contribution in [0.4, 0.5) is 17.1 Å². The van der Waals surface area contributed by atoms with Crippen LogP contribution in [0.1, 0.15) is 22.0 Å². The van der Waals surface area contributed by atoms with Crippen LogP contribution in [0, 0.1) is 16.0 Å². The Hall–Kier alpha value is -4.57. The fourth-order valence-electron chi connectivity index (χ4n) is 4.44. The van der Waals surface area contributed by atoms with Gasteiger partial charge in [-0.05, 0) is 42.5 Å². The van der Waals surface area contributed by atoms with Crippen molar-refractivity contribution in [1.82, 2.24) is 0 Å². The van der Waals surface area contributed by atoms with Crippen LogP contribution in [-0.2, 0) is 14.4 Å². The first kappa shape index (κ1) is 21.3. The average molecular weight is 459 g/mol. The maximum absolute atomic E-state index is 13.6. The van der Waals surface area contributed by atoms with Gasteiger partial charge in [0.2, 0.25) is 5.91 Å². The van der Waals surface area contributed by atoms with Crippen molar-refractivity contribution >= 4 is 34.8 Å². The number of hydrogen-bond donors (Lipinski definition) is 1. The Kier molecular flexibility index (Phi) is 5.06. The first-order valence-corrected chi connectivity index (χ1v) is 10.3. The smallest absolute Gasteiger partial charge is 0.335 e. The molecule has 2 saturated heterocycles. The van der Waals surface area contributed by atoms with Crippen molar-refractivity contribution < 1.29 is 29.3 Å². The minimum absolute atomic E-state index is 0.00679. The molecule has 34 heavy (non-hydrogen) atoms. The third-order valence-electron chi connectivity index (χ3n) is 5.95. The number of para-hydroxylation sites is 2. The van der Waals surface area contributed by atoms with Gasteiger partial charge in [0, 0.05) is 6.07 Å². The van der Waals surface area contributed by atoms with E-state index >= 15 is 0 Å². The summed E-state index contributed by atoms with van der Waals surface area (Å²) in [5, 5.41) is 22.3. The largest absolute Gasteiger partial charge is 0.478 e. The Balaban J connectivity index is 1.60. The Labute approximate surface area is 192 Å². The summed E-state index contributed by atoms with van der Waals surface area (Å²) in [7, 11) is 0. The highest BCUT2D eigenvalue weighted by molar-refractivity contribution is 6.24. The predicted octanol–water partition coefficient (Wildman–Crippen LogP) is 3.34. The molecule has 1 N–H and O–H groups in total. The van der Waals surface area contributed by atoms with Gasteiger partial charge in [0.15, 0.2) is 6.10 Å². The van der Waals surface area contributed by atoms with Gasteiger partial charge in [0.25, 0.3) is 11.6 Å². The molecule has 2 aliphatic rings. The minimum Gasteiger partial charge on any atom is -0.478 e. The van der Waals surface area contributed by atoms with E-state index in [2.05, 4.69) is 0 Å². The molecule has 2 aliphatic heterocycles. The number of carbonyl (C=O) groups is 3. The molecule has 2 fully saturated rings. The zero-order valence-corrected chi connectivity index (χ0v) is 17.5. The second-order valence-corrected chi connectivity index (χ2v) is 7.84. The van der Waals surface area contributed by atoms with Crippen LogP contribution in [0.5, 0.6) is 0 Å². The number of carboxylic acid groups (broad SMARTS) is 1. The third-order valence-corrected chi connectivity index (χ3v) is 5.95. The second kappa shape index (κ2) is 8.09. The van der Waals surface area contributed by atoms with Crippen molar-refractivity contribution in [3.05, 3.63) is 100 Å². The molecule has 0 unspecified atom stereocenters. The van der Waals surface area contributed by atoms with E-state index in [1.165, 1.54) is 41.5 Å². The fraction of sp³-hybridized carbons (Fsp3) is 0.125. The van der Waals surface area contributed by atoms with Crippen LogP contribution in [0.3, 0.4) is 0 Å². The third kappa shape index (κ3) is 3.28. The number of fused-ring (bicyclic) bond motifs is 1. The summed E-state index contributed by atoms with van der Waals surface area (Å²) in [5.74, 6) is -3.39. The molecule has 5 rings (SSSR count). The lowest BCUT2D eigenvalue weighted by Crippen LogP contribution is -2.37. The number of amides is 2. The van der Waals surface area contributed by atoms with Crippen molar-refractivity contribution in [2.75, 3.05) is 9.96 Å². The minimum atomic E-state index is -1.20. The number of aromatic carboxylic acids is 1. The Morgan fingerprint density at radius 2 is 1.53 bits per heavy atom. The number of imide groups is 1. The molecule has 2 heterocycles. The topological polar surface area (TPSA) is 130 Å². The standard InChI is InChI=1S/C24H17N3O7/c28-22-19-20(17-8-4-5-9-18(17)27(32)33)26(16-6-2-1-3-7-16)34-21(19)23(29)25(22)15-12-10-14(11-13-15)24(30)31/h1-13,19-21H,(H,30,31)/t19-,20-,21+/m0/s1. The summed E-state index contributed by atoms with van der Waals surface area (Å²) in [6.45, 7) is 0. The summed E-state index contributed by atoms with van der Waals surface area (Å²) >= 11 is 0. The molecule has 0 aromatic heterocycles. The van der Waals surface area contributed by atoms with Crippen molar-refractivity contribution in [3.8, 4) is 0 Å². The molecular weight excluding hydrogens is 442 g/mol. The van der Waals surface area contributed by atoms with Gasteiger partial charge in [-0.1, -0.05) is 30.3 Å². The number of hydrogen-bond acceptors (Lipinski definition) is 7. The molecule has 3 aromatic rings. The maximum Gasteiger partial charge on any atom is 0.335 e. The highest BCUT2D eigenvalue weighted by atomic mass is 16.7. The first-order valence-electron chi connectivity index (χ1n) is 10.3. The van der Waals surface area contributed by atoms with Crippen LogP contribution >= 0.6 is 0 Å². The van der Waals surface area contributed by atoms with E-state index in [4.69, 9.17) is 9.94 Å². The van der Waals surface area contributed by atoms with Crippen LogP contribution in [0.15, 0.2) is 78.9 Å². The normalized spacial score (nSPS) is 21.6. The fourth-order valence-corrected chi connectivity index (χ4v) is 4.44. The zero-order valence-electron chi connectivity index (χ0n) is 17.5. The van der Waals surface area contributed by atoms with E-state index in [0.717, 1.165) is 4.90 Å². The monoisotopic (exact) mass is 459 g/mol. The molecular formula is C24H17N3O7. The number of nitrogens with zero attached hydrogens (tertiary/aromatic N) is 3. The van der Waals surface area contributed by atoms with Crippen LogP contribution < -0.4 is 9.96 Å². The number of rotatable bonds is 5.